The number of nitrogens with two attached hydrogens (primary N) is 1. The lowest BCUT2D eigenvalue weighted by molar-refractivity contribution is -0.122. The minimum Gasteiger partial charge on any atom is -0.392 e. The molecule has 1 saturated carbocycles. The number of benzene rings is 1. The molecular weight excluding hydrogens is 304 g/mol. The first kappa shape index (κ1) is 16.2. The summed E-state index contributed by atoms with van der Waals surface area (Å²) in [6, 6.07) is 5.56. The van der Waals surface area contributed by atoms with Crippen LogP contribution in [-0.4, -0.2) is 10.9 Å². The molecule has 5 heteroatoms. The van der Waals surface area contributed by atoms with E-state index in [1.807, 2.05) is 19.1 Å². The zero-order valence-electron chi connectivity index (χ0n) is 12.2. The third-order valence-electron chi connectivity index (χ3n) is 4.23. The first-order chi connectivity index (χ1) is 9.95. The van der Waals surface area contributed by atoms with E-state index in [0.29, 0.717) is 15.7 Å². The molecule has 1 aromatic rings. The highest BCUT2D eigenvalue weighted by molar-refractivity contribution is 7.80. The van der Waals surface area contributed by atoms with Crippen molar-refractivity contribution in [2.24, 2.45) is 11.1 Å². The van der Waals surface area contributed by atoms with Gasteiger partial charge in [0.25, 0.3) is 0 Å². The van der Waals surface area contributed by atoms with Crippen molar-refractivity contribution < 1.29 is 4.79 Å². The zero-order chi connectivity index (χ0) is 15.5. The molecule has 1 aromatic carbocycles. The highest BCUT2D eigenvalue weighted by Crippen LogP contribution is 2.37. The lowest BCUT2D eigenvalue weighted by Gasteiger charge is -2.30. The van der Waals surface area contributed by atoms with Crippen LogP contribution in [0.25, 0.3) is 0 Å². The number of thiocarbonyl (C=S) groups is 1. The summed E-state index contributed by atoms with van der Waals surface area (Å²) in [4.78, 5) is 13.1. The Morgan fingerprint density at radius 3 is 2.48 bits per heavy atom. The van der Waals surface area contributed by atoms with Crippen molar-refractivity contribution in [3.8, 4) is 0 Å². The molecule has 1 aliphatic carbocycles. The van der Waals surface area contributed by atoms with E-state index in [1.54, 1.807) is 6.07 Å². The molecule has 0 aliphatic heterocycles. The number of carbonyl (C=O) groups excluding carboxylic acids is 1. The van der Waals surface area contributed by atoms with Gasteiger partial charge in [-0.3, -0.25) is 4.79 Å². The van der Waals surface area contributed by atoms with E-state index in [-0.39, 0.29) is 5.91 Å². The molecule has 3 nitrogen and oxygen atoms in total. The standard InChI is InChI=1S/C16H21ClN2OS/c1-11-6-7-12(17)13(10-11)19-15(20)16(14(18)21)8-4-2-3-5-9-16/h6-7,10H,2-5,8-9H2,1H3,(H2,18,21)(H,19,20). The van der Waals surface area contributed by atoms with Gasteiger partial charge in [-0.05, 0) is 37.5 Å². The van der Waals surface area contributed by atoms with Crippen molar-refractivity contribution in [2.75, 3.05) is 5.32 Å². The summed E-state index contributed by atoms with van der Waals surface area (Å²) in [5.41, 5.74) is 6.86. The summed E-state index contributed by atoms with van der Waals surface area (Å²) in [5, 5.41) is 3.46. The SMILES string of the molecule is Cc1ccc(Cl)c(NC(=O)C2(C(N)=S)CCCCCC2)c1. The maximum atomic E-state index is 12.8. The van der Waals surface area contributed by atoms with Gasteiger partial charge in [0.05, 0.1) is 21.1 Å². The highest BCUT2D eigenvalue weighted by Gasteiger charge is 2.41. The van der Waals surface area contributed by atoms with Crippen LogP contribution in [0.3, 0.4) is 0 Å². The largest absolute Gasteiger partial charge is 0.392 e. The highest BCUT2D eigenvalue weighted by atomic mass is 35.5. The fourth-order valence-corrected chi connectivity index (χ4v) is 3.36. The van der Waals surface area contributed by atoms with Crippen molar-refractivity contribution >= 4 is 40.4 Å². The predicted molar refractivity (Wildman–Crippen MR) is 91.7 cm³/mol. The molecule has 1 amide bonds. The summed E-state index contributed by atoms with van der Waals surface area (Å²) >= 11 is 11.4. The third-order valence-corrected chi connectivity index (χ3v) is 4.95. The Morgan fingerprint density at radius 2 is 1.90 bits per heavy atom. The molecule has 21 heavy (non-hydrogen) atoms. The number of hydrogen-bond acceptors (Lipinski definition) is 2. The van der Waals surface area contributed by atoms with E-state index in [9.17, 15) is 4.79 Å². The summed E-state index contributed by atoms with van der Waals surface area (Å²) in [6.07, 6.45) is 5.65. The van der Waals surface area contributed by atoms with E-state index >= 15 is 0 Å². The average Bonchev–Trinajstić information content (AvgIpc) is 2.69. The van der Waals surface area contributed by atoms with Crippen LogP contribution in [0, 0.1) is 12.3 Å². The second kappa shape index (κ2) is 6.75. The molecule has 0 atom stereocenters. The Morgan fingerprint density at radius 1 is 1.29 bits per heavy atom. The maximum Gasteiger partial charge on any atom is 0.237 e. The monoisotopic (exact) mass is 324 g/mol. The molecule has 3 N–H and O–H groups in total. The van der Waals surface area contributed by atoms with Crippen LogP contribution < -0.4 is 11.1 Å². The lowest BCUT2D eigenvalue weighted by atomic mass is 9.79. The van der Waals surface area contributed by atoms with Gasteiger partial charge in [0.15, 0.2) is 0 Å². The van der Waals surface area contributed by atoms with Gasteiger partial charge in [-0.25, -0.2) is 0 Å². The Kier molecular flexibility index (Phi) is 5.22. The van der Waals surface area contributed by atoms with Crippen molar-refractivity contribution in [1.82, 2.24) is 0 Å². The van der Waals surface area contributed by atoms with Crippen molar-refractivity contribution in [3.63, 3.8) is 0 Å². The fourth-order valence-electron chi connectivity index (χ4n) is 2.89. The molecule has 0 radical (unpaired) electrons. The molecule has 1 fully saturated rings. The Hall–Kier alpha value is -1.13. The smallest absolute Gasteiger partial charge is 0.237 e. The van der Waals surface area contributed by atoms with Crippen molar-refractivity contribution in [3.05, 3.63) is 28.8 Å². The van der Waals surface area contributed by atoms with Gasteiger partial charge in [-0.15, -0.1) is 0 Å². The quantitative estimate of drug-likeness (QED) is 0.646. The molecule has 114 valence electrons. The number of anilines is 1. The van der Waals surface area contributed by atoms with Crippen LogP contribution in [0.5, 0.6) is 0 Å². The van der Waals surface area contributed by atoms with E-state index in [4.69, 9.17) is 29.6 Å². The molecular formula is C16H21ClN2OS. The van der Waals surface area contributed by atoms with Crippen LogP contribution in [0.15, 0.2) is 18.2 Å². The van der Waals surface area contributed by atoms with Crippen molar-refractivity contribution in [1.29, 1.82) is 0 Å². The molecule has 0 saturated heterocycles. The number of hydrogen-bond donors (Lipinski definition) is 2. The molecule has 2 rings (SSSR count). The zero-order valence-corrected chi connectivity index (χ0v) is 13.8. The van der Waals surface area contributed by atoms with Gasteiger partial charge < -0.3 is 11.1 Å². The van der Waals surface area contributed by atoms with Gasteiger partial charge in [0.1, 0.15) is 0 Å². The van der Waals surface area contributed by atoms with E-state index in [0.717, 1.165) is 44.1 Å². The van der Waals surface area contributed by atoms with Crippen LogP contribution in [0.1, 0.15) is 44.1 Å². The number of aryl methyl sites for hydroxylation is 1. The third kappa shape index (κ3) is 3.55. The number of amides is 1. The van der Waals surface area contributed by atoms with Gasteiger partial charge in [-0.1, -0.05) is 55.6 Å². The second-order valence-corrected chi connectivity index (χ2v) is 6.65. The van der Waals surface area contributed by atoms with Crippen LogP contribution in [0.2, 0.25) is 5.02 Å². The number of carbonyl (C=O) groups is 1. The van der Waals surface area contributed by atoms with Crippen LogP contribution in [0.4, 0.5) is 5.69 Å². The molecule has 0 bridgehead atoms. The van der Waals surface area contributed by atoms with Gasteiger partial charge in [-0.2, -0.15) is 0 Å². The first-order valence-corrected chi connectivity index (χ1v) is 8.12. The summed E-state index contributed by atoms with van der Waals surface area (Å²) in [6.45, 7) is 1.96. The second-order valence-electron chi connectivity index (χ2n) is 5.80. The van der Waals surface area contributed by atoms with Crippen molar-refractivity contribution in [2.45, 2.75) is 45.4 Å². The van der Waals surface area contributed by atoms with Crippen LogP contribution in [-0.2, 0) is 4.79 Å². The van der Waals surface area contributed by atoms with Gasteiger partial charge in [0, 0.05) is 0 Å². The normalized spacial score (nSPS) is 17.8. The molecule has 0 heterocycles. The minimum absolute atomic E-state index is 0.121. The first-order valence-electron chi connectivity index (χ1n) is 7.33. The Bertz CT molecular complexity index is 551. The Balaban J connectivity index is 2.26. The lowest BCUT2D eigenvalue weighted by Crippen LogP contribution is -2.45. The summed E-state index contributed by atoms with van der Waals surface area (Å²) in [5.74, 6) is -0.121. The average molecular weight is 325 g/mol. The van der Waals surface area contributed by atoms with E-state index in [1.165, 1.54) is 0 Å². The van der Waals surface area contributed by atoms with E-state index < -0.39 is 5.41 Å². The predicted octanol–water partition coefficient (Wildman–Crippen LogP) is 4.21. The fraction of sp³-hybridized carbons (Fsp3) is 0.500. The molecule has 0 aromatic heterocycles. The van der Waals surface area contributed by atoms with Gasteiger partial charge in [0.2, 0.25) is 5.91 Å². The molecule has 0 unspecified atom stereocenters. The van der Waals surface area contributed by atoms with Crippen LogP contribution >= 0.6 is 23.8 Å². The number of nitrogens with one attached hydrogen (secondary N) is 1. The van der Waals surface area contributed by atoms with Gasteiger partial charge >= 0.3 is 0 Å². The topological polar surface area (TPSA) is 55.1 Å². The number of rotatable bonds is 3. The Labute approximate surface area is 136 Å². The van der Waals surface area contributed by atoms with E-state index in [2.05, 4.69) is 5.32 Å². The number of halogens is 1. The summed E-state index contributed by atoms with van der Waals surface area (Å²) in [7, 11) is 0. The molecule has 1 aliphatic rings. The molecule has 0 spiro atoms. The maximum absolute atomic E-state index is 12.8. The minimum atomic E-state index is -0.737. The summed E-state index contributed by atoms with van der Waals surface area (Å²) < 4.78 is 0.